The lowest BCUT2D eigenvalue weighted by Crippen LogP contribution is -2.37. The third-order valence-corrected chi connectivity index (χ3v) is 8.09. The molecule has 0 atom stereocenters. The van der Waals surface area contributed by atoms with Crippen LogP contribution >= 0.6 is 27.7 Å². The van der Waals surface area contributed by atoms with E-state index in [1.54, 1.807) is 61.2 Å². The maximum Gasteiger partial charge on any atom is 0.333 e. The van der Waals surface area contributed by atoms with E-state index in [1.165, 1.54) is 19.8 Å². The molecule has 0 unspecified atom stereocenters. The molecule has 0 saturated heterocycles. The number of aromatic nitrogens is 6. The van der Waals surface area contributed by atoms with E-state index in [0.29, 0.717) is 15.9 Å². The van der Waals surface area contributed by atoms with Crippen molar-refractivity contribution in [3.05, 3.63) is 77.2 Å². The van der Waals surface area contributed by atoms with Gasteiger partial charge in [-0.25, -0.2) is 28.9 Å². The molecular weight excluding hydrogens is 608 g/mol. The summed E-state index contributed by atoms with van der Waals surface area (Å²) in [6.45, 7) is 7.05. The fourth-order valence-electron chi connectivity index (χ4n) is 4.13. The molecule has 5 rings (SSSR count). The summed E-state index contributed by atoms with van der Waals surface area (Å²) in [6, 6.07) is 17.8. The van der Waals surface area contributed by atoms with Crippen LogP contribution in [0.3, 0.4) is 0 Å². The van der Waals surface area contributed by atoms with E-state index in [-0.39, 0.29) is 11.9 Å². The predicted molar refractivity (Wildman–Crippen MR) is 161 cm³/mol. The quantitative estimate of drug-likeness (QED) is 0.163. The van der Waals surface area contributed by atoms with Crippen LogP contribution in [0.5, 0.6) is 0 Å². The van der Waals surface area contributed by atoms with Crippen molar-refractivity contribution in [1.29, 1.82) is 0 Å². The standard InChI is InChI=1S/C18H19N3O2S.C11H12BrN3O2/c1-18(2,17(22)23-3)21-15-14(10-7-11-19-15)16(20-21)24-12-13-8-5-4-6-9-13;1-11(2,10(16)17-3)15-9-7(8(12)14-15)5-4-6-13-9/h4-11H,12H2,1-3H3;4-6H,1-3H3. The smallest absolute Gasteiger partial charge is 0.333 e. The highest BCUT2D eigenvalue weighted by Gasteiger charge is 2.35. The van der Waals surface area contributed by atoms with Crippen molar-refractivity contribution in [3.8, 4) is 0 Å². The van der Waals surface area contributed by atoms with Gasteiger partial charge >= 0.3 is 11.9 Å². The maximum atomic E-state index is 12.1. The average molecular weight is 640 g/mol. The van der Waals surface area contributed by atoms with Gasteiger partial charge in [0.25, 0.3) is 0 Å². The molecule has 0 fully saturated rings. The van der Waals surface area contributed by atoms with Crippen LogP contribution < -0.4 is 0 Å². The molecule has 10 nitrogen and oxygen atoms in total. The van der Waals surface area contributed by atoms with Gasteiger partial charge in [0.1, 0.15) is 9.63 Å². The molecule has 0 radical (unpaired) electrons. The van der Waals surface area contributed by atoms with E-state index in [1.807, 2.05) is 42.5 Å². The summed E-state index contributed by atoms with van der Waals surface area (Å²) in [4.78, 5) is 32.6. The Balaban J connectivity index is 0.000000201. The molecule has 0 aliphatic heterocycles. The van der Waals surface area contributed by atoms with Gasteiger partial charge in [-0.3, -0.25) is 0 Å². The van der Waals surface area contributed by atoms with Crippen molar-refractivity contribution < 1.29 is 19.1 Å². The Hall–Kier alpha value is -3.77. The van der Waals surface area contributed by atoms with Gasteiger partial charge in [0, 0.05) is 18.1 Å². The van der Waals surface area contributed by atoms with Crippen molar-refractivity contribution in [2.24, 2.45) is 0 Å². The molecule has 0 spiro atoms. The van der Waals surface area contributed by atoms with Gasteiger partial charge in [-0.1, -0.05) is 42.1 Å². The minimum atomic E-state index is -0.924. The first kappa shape index (κ1) is 30.2. The number of halogens is 1. The zero-order valence-corrected chi connectivity index (χ0v) is 26.1. The van der Waals surface area contributed by atoms with E-state index >= 15 is 0 Å². The second-order valence-electron chi connectivity index (χ2n) is 10.0. The van der Waals surface area contributed by atoms with Crippen LogP contribution in [-0.4, -0.2) is 55.7 Å². The average Bonchev–Trinajstić information content (AvgIpc) is 3.55. The second-order valence-corrected chi connectivity index (χ2v) is 11.8. The Morgan fingerprint density at radius 3 is 1.85 bits per heavy atom. The third kappa shape index (κ3) is 6.13. The Morgan fingerprint density at radius 1 is 0.780 bits per heavy atom. The number of benzene rings is 1. The lowest BCUT2D eigenvalue weighted by molar-refractivity contribution is -0.150. The first-order chi connectivity index (χ1) is 19.5. The summed E-state index contributed by atoms with van der Waals surface area (Å²) < 4.78 is 13.6. The van der Waals surface area contributed by atoms with Crippen LogP contribution in [0, 0.1) is 0 Å². The second kappa shape index (κ2) is 12.4. The lowest BCUT2D eigenvalue weighted by atomic mass is 10.1. The molecule has 0 aliphatic rings. The number of hydrogen-bond donors (Lipinski definition) is 0. The summed E-state index contributed by atoms with van der Waals surface area (Å²) in [6.07, 6.45) is 3.37. The highest BCUT2D eigenvalue weighted by Crippen LogP contribution is 2.32. The molecule has 0 saturated carbocycles. The molecule has 0 bridgehead atoms. The number of hydrogen-bond acceptors (Lipinski definition) is 9. The maximum absolute atomic E-state index is 12.1. The third-order valence-electron chi connectivity index (χ3n) is 6.45. The monoisotopic (exact) mass is 638 g/mol. The van der Waals surface area contributed by atoms with Crippen LogP contribution in [0.1, 0.15) is 33.3 Å². The topological polar surface area (TPSA) is 114 Å². The normalized spacial score (nSPS) is 11.7. The van der Waals surface area contributed by atoms with Crippen LogP contribution in [0.2, 0.25) is 0 Å². The molecule has 4 aromatic heterocycles. The number of thioether (sulfide) groups is 1. The summed E-state index contributed by atoms with van der Waals surface area (Å²) in [5.74, 6) is 0.0951. The van der Waals surface area contributed by atoms with Crippen LogP contribution in [0.4, 0.5) is 0 Å². The van der Waals surface area contributed by atoms with E-state index in [0.717, 1.165) is 21.6 Å². The summed E-state index contributed by atoms with van der Waals surface area (Å²) in [5.41, 5.74) is 0.736. The molecule has 5 aromatic rings. The van der Waals surface area contributed by atoms with Crippen LogP contribution in [0.15, 0.2) is 76.6 Å². The van der Waals surface area contributed by atoms with E-state index in [4.69, 9.17) is 9.47 Å². The van der Waals surface area contributed by atoms with E-state index < -0.39 is 11.1 Å². The fourth-order valence-corrected chi connectivity index (χ4v) is 5.54. The van der Waals surface area contributed by atoms with E-state index in [2.05, 4.69) is 48.2 Å². The van der Waals surface area contributed by atoms with Crippen molar-refractivity contribution in [3.63, 3.8) is 0 Å². The summed E-state index contributed by atoms with van der Waals surface area (Å²) in [5, 5.41) is 11.6. The Bertz CT molecular complexity index is 1680. The van der Waals surface area contributed by atoms with Crippen molar-refractivity contribution in [2.75, 3.05) is 14.2 Å². The Labute approximate surface area is 250 Å². The molecule has 0 amide bonds. The summed E-state index contributed by atoms with van der Waals surface area (Å²) in [7, 11) is 2.74. The molecule has 1 aromatic carbocycles. The molecular formula is C29H31BrN6O4S. The molecule has 0 aliphatic carbocycles. The van der Waals surface area contributed by atoms with Crippen molar-refractivity contribution in [1.82, 2.24) is 29.5 Å². The number of fused-ring (bicyclic) bond motifs is 2. The number of rotatable bonds is 7. The van der Waals surface area contributed by atoms with Gasteiger partial charge in [0.2, 0.25) is 0 Å². The first-order valence-corrected chi connectivity index (χ1v) is 14.5. The lowest BCUT2D eigenvalue weighted by Gasteiger charge is -2.22. The Morgan fingerprint density at radius 2 is 1.29 bits per heavy atom. The molecule has 4 heterocycles. The van der Waals surface area contributed by atoms with Gasteiger partial charge in [-0.15, -0.1) is 0 Å². The van der Waals surface area contributed by atoms with Crippen molar-refractivity contribution in [2.45, 2.75) is 49.6 Å². The SMILES string of the molecule is COC(=O)C(C)(C)n1nc(Br)c2cccnc21.COC(=O)C(C)(C)n1nc(SCc2ccccc2)c2cccnc21. The number of ether oxygens (including phenoxy) is 2. The van der Waals surface area contributed by atoms with Crippen LogP contribution in [-0.2, 0) is 35.9 Å². The van der Waals surface area contributed by atoms with Gasteiger partial charge in [0.15, 0.2) is 22.4 Å². The molecule has 12 heteroatoms. The number of esters is 2. The predicted octanol–water partition coefficient (Wildman–Crippen LogP) is 5.73. The Kier molecular flexibility index (Phi) is 9.13. The molecule has 0 N–H and O–H groups in total. The first-order valence-electron chi connectivity index (χ1n) is 12.7. The number of carbonyl (C=O) groups excluding carboxylic acids is 2. The zero-order chi connectivity index (χ0) is 29.8. The highest BCUT2D eigenvalue weighted by molar-refractivity contribution is 9.10. The van der Waals surface area contributed by atoms with Crippen molar-refractivity contribution >= 4 is 61.7 Å². The van der Waals surface area contributed by atoms with Gasteiger partial charge in [0.05, 0.1) is 25.0 Å². The highest BCUT2D eigenvalue weighted by atomic mass is 79.9. The number of carbonyl (C=O) groups is 2. The number of nitrogens with zero attached hydrogens (tertiary/aromatic N) is 6. The number of pyridine rings is 2. The minimum absolute atomic E-state index is 0.350. The van der Waals surface area contributed by atoms with E-state index in [9.17, 15) is 9.59 Å². The van der Waals surface area contributed by atoms with Gasteiger partial charge in [-0.05, 0) is 73.5 Å². The molecule has 41 heavy (non-hydrogen) atoms. The van der Waals surface area contributed by atoms with Gasteiger partial charge < -0.3 is 9.47 Å². The summed E-state index contributed by atoms with van der Waals surface area (Å²) >= 11 is 4.99. The minimum Gasteiger partial charge on any atom is -0.467 e. The van der Waals surface area contributed by atoms with Crippen LogP contribution in [0.25, 0.3) is 22.1 Å². The largest absolute Gasteiger partial charge is 0.467 e. The zero-order valence-electron chi connectivity index (χ0n) is 23.7. The number of methoxy groups -OCH3 is 2. The molecule has 214 valence electrons. The fraction of sp³-hybridized carbons (Fsp3) is 0.310. The van der Waals surface area contributed by atoms with Gasteiger partial charge in [-0.2, -0.15) is 10.2 Å².